The maximum Gasteiger partial charge on any atom is 0.168 e. The van der Waals surface area contributed by atoms with Crippen molar-refractivity contribution in [1.82, 2.24) is 0 Å². The predicted molar refractivity (Wildman–Crippen MR) is 200 cm³/mol. The van der Waals surface area contributed by atoms with Crippen LogP contribution in [0.5, 0.6) is 0 Å². The van der Waals surface area contributed by atoms with Crippen LogP contribution in [0.1, 0.15) is 187 Å². The molecule has 48 heavy (non-hydrogen) atoms. The van der Waals surface area contributed by atoms with E-state index in [1.54, 1.807) is 12.2 Å². The number of fused-ring (bicyclic) bond motifs is 1. The minimum Gasteiger partial charge on any atom is -0.492 e. The standard InChI is InChI=1S/C28H40O4.2C8H16/c1-3-18-31-24-17-15-22-26(30)19(2)27(21-12-8-5-9-13-21)32-28(22)25(24)23(29)16-14-20-10-6-4-7-11-20;2*1-2-4-6-8-7-5-3-1/h3,14,16,20-22,24-25,28H,1,4-13,15,17-18H2,2H3;2*1-8H2/b16-14+;;. The van der Waals surface area contributed by atoms with Gasteiger partial charge >= 0.3 is 0 Å². The van der Waals surface area contributed by atoms with Gasteiger partial charge in [0.15, 0.2) is 11.6 Å². The van der Waals surface area contributed by atoms with E-state index in [4.69, 9.17) is 9.47 Å². The van der Waals surface area contributed by atoms with E-state index in [1.165, 1.54) is 154 Å². The first-order valence-electron chi connectivity index (χ1n) is 21.0. The zero-order valence-corrected chi connectivity index (χ0v) is 31.0. The lowest BCUT2D eigenvalue weighted by atomic mass is 9.69. The summed E-state index contributed by atoms with van der Waals surface area (Å²) < 4.78 is 12.7. The van der Waals surface area contributed by atoms with Gasteiger partial charge in [-0.05, 0) is 57.4 Å². The first-order valence-corrected chi connectivity index (χ1v) is 21.0. The van der Waals surface area contributed by atoms with Gasteiger partial charge in [-0.1, -0.05) is 153 Å². The summed E-state index contributed by atoms with van der Waals surface area (Å²) in [6.07, 6.45) is 42.3. The van der Waals surface area contributed by atoms with Gasteiger partial charge in [-0.15, -0.1) is 6.58 Å². The molecule has 5 saturated carbocycles. The van der Waals surface area contributed by atoms with Gasteiger partial charge in [0.05, 0.1) is 24.5 Å². The number of Topliss-reactive ketones (excluding diaryl/α,β-unsaturated/α-hetero) is 1. The van der Waals surface area contributed by atoms with E-state index in [0.29, 0.717) is 24.9 Å². The number of ether oxygens (including phenoxy) is 2. The van der Waals surface area contributed by atoms with Crippen molar-refractivity contribution < 1.29 is 19.1 Å². The topological polar surface area (TPSA) is 52.6 Å². The van der Waals surface area contributed by atoms with Crippen LogP contribution in [0.4, 0.5) is 0 Å². The van der Waals surface area contributed by atoms with E-state index in [-0.39, 0.29) is 23.6 Å². The number of ketones is 2. The average molecular weight is 665 g/mol. The third kappa shape index (κ3) is 12.9. The van der Waals surface area contributed by atoms with Crippen LogP contribution in [0.25, 0.3) is 0 Å². The fraction of sp³-hybridized carbons (Fsp3) is 0.818. The highest BCUT2D eigenvalue weighted by atomic mass is 16.5. The Hall–Kier alpha value is -1.68. The molecule has 0 N–H and O–H groups in total. The molecule has 0 spiro atoms. The Bertz CT molecular complexity index is 933. The van der Waals surface area contributed by atoms with Crippen LogP contribution in [0.15, 0.2) is 36.1 Å². The second-order valence-electron chi connectivity index (χ2n) is 16.0. The van der Waals surface area contributed by atoms with Gasteiger partial charge in [0.25, 0.3) is 0 Å². The van der Waals surface area contributed by atoms with E-state index in [2.05, 4.69) is 12.7 Å². The molecule has 0 radical (unpaired) electrons. The summed E-state index contributed by atoms with van der Waals surface area (Å²) in [5.41, 5.74) is 0.799. The molecule has 0 saturated heterocycles. The Labute approximate surface area is 295 Å². The van der Waals surface area contributed by atoms with Crippen LogP contribution < -0.4 is 0 Å². The van der Waals surface area contributed by atoms with Crippen LogP contribution in [0.3, 0.4) is 0 Å². The van der Waals surface area contributed by atoms with Crippen molar-refractivity contribution >= 4 is 11.6 Å². The first kappa shape index (κ1) is 39.1. The average Bonchev–Trinajstić information content (AvgIpc) is 3.08. The monoisotopic (exact) mass is 665 g/mol. The van der Waals surface area contributed by atoms with Crippen LogP contribution >= 0.6 is 0 Å². The van der Waals surface area contributed by atoms with Gasteiger partial charge in [-0.25, -0.2) is 0 Å². The lowest BCUT2D eigenvalue weighted by Gasteiger charge is -2.45. The van der Waals surface area contributed by atoms with Gasteiger partial charge in [0.2, 0.25) is 0 Å². The van der Waals surface area contributed by atoms with Crippen LogP contribution in [-0.2, 0) is 19.1 Å². The first-order chi connectivity index (χ1) is 23.6. The third-order valence-corrected chi connectivity index (χ3v) is 12.2. The van der Waals surface area contributed by atoms with Crippen molar-refractivity contribution in [2.75, 3.05) is 6.61 Å². The molecule has 0 bridgehead atoms. The zero-order chi connectivity index (χ0) is 33.8. The maximum absolute atomic E-state index is 13.5. The molecule has 4 unspecified atom stereocenters. The molecule has 4 atom stereocenters. The molecule has 4 nitrogen and oxygen atoms in total. The fourth-order valence-electron chi connectivity index (χ4n) is 9.21. The van der Waals surface area contributed by atoms with Crippen molar-refractivity contribution in [3.8, 4) is 0 Å². The number of rotatable bonds is 7. The van der Waals surface area contributed by atoms with Crippen molar-refractivity contribution in [2.45, 2.75) is 199 Å². The summed E-state index contributed by atoms with van der Waals surface area (Å²) in [5.74, 6) is 1.28. The Kier molecular flexibility index (Phi) is 18.7. The van der Waals surface area contributed by atoms with Crippen molar-refractivity contribution in [2.24, 2.45) is 23.7 Å². The molecule has 0 aromatic heterocycles. The third-order valence-electron chi connectivity index (χ3n) is 12.2. The van der Waals surface area contributed by atoms with Crippen molar-refractivity contribution in [3.05, 3.63) is 36.1 Å². The number of allylic oxidation sites excluding steroid dienone is 4. The number of hydrogen-bond donors (Lipinski definition) is 0. The minimum absolute atomic E-state index is 0.0645. The fourth-order valence-corrected chi connectivity index (χ4v) is 9.21. The molecule has 4 heteroatoms. The Balaban J connectivity index is 0.000000264. The molecule has 1 heterocycles. The lowest BCUT2D eigenvalue weighted by molar-refractivity contribution is -0.151. The quantitative estimate of drug-likeness (QED) is 0.201. The molecule has 6 aliphatic rings. The molecule has 272 valence electrons. The van der Waals surface area contributed by atoms with Crippen molar-refractivity contribution in [1.29, 1.82) is 0 Å². The zero-order valence-electron chi connectivity index (χ0n) is 31.0. The molecule has 0 amide bonds. The van der Waals surface area contributed by atoms with Gasteiger partial charge < -0.3 is 9.47 Å². The normalized spacial score (nSPS) is 29.7. The summed E-state index contributed by atoms with van der Waals surface area (Å²) in [6, 6.07) is 0. The smallest absolute Gasteiger partial charge is 0.168 e. The molecule has 6 rings (SSSR count). The highest BCUT2D eigenvalue weighted by Crippen LogP contribution is 2.44. The molecular formula is C44H72O4. The Morgan fingerprint density at radius 2 is 1.15 bits per heavy atom. The van der Waals surface area contributed by atoms with Crippen LogP contribution in [0, 0.1) is 23.7 Å². The number of hydrogen-bond acceptors (Lipinski definition) is 4. The van der Waals surface area contributed by atoms with E-state index < -0.39 is 12.0 Å². The minimum atomic E-state index is -0.427. The van der Waals surface area contributed by atoms with Crippen LogP contribution in [-0.4, -0.2) is 30.4 Å². The van der Waals surface area contributed by atoms with E-state index >= 15 is 0 Å². The summed E-state index contributed by atoms with van der Waals surface area (Å²) in [5, 5.41) is 0. The van der Waals surface area contributed by atoms with Gasteiger partial charge in [-0.2, -0.15) is 0 Å². The number of carbonyl (C=O) groups is 2. The number of carbonyl (C=O) groups excluding carboxylic acids is 2. The molecule has 5 aliphatic carbocycles. The van der Waals surface area contributed by atoms with Gasteiger partial charge in [0.1, 0.15) is 11.9 Å². The Morgan fingerprint density at radius 1 is 0.688 bits per heavy atom. The second kappa shape index (κ2) is 22.9. The summed E-state index contributed by atoms with van der Waals surface area (Å²) in [7, 11) is 0. The Morgan fingerprint density at radius 3 is 1.62 bits per heavy atom. The highest BCUT2D eigenvalue weighted by Gasteiger charge is 2.51. The SMILES string of the molecule is C1CCCCCCC1.C1CCCCCCC1.C=CCOC1CCC2C(=O)C(C)=C(C3CCCCC3)OC2C1C(=O)/C=C/C1CCCCC1. The van der Waals surface area contributed by atoms with Crippen molar-refractivity contribution in [3.63, 3.8) is 0 Å². The molecular weight excluding hydrogens is 592 g/mol. The second-order valence-corrected chi connectivity index (χ2v) is 16.0. The molecule has 1 aliphatic heterocycles. The maximum atomic E-state index is 13.5. The van der Waals surface area contributed by atoms with Gasteiger partial charge in [-0.3, -0.25) is 9.59 Å². The summed E-state index contributed by atoms with van der Waals surface area (Å²) >= 11 is 0. The van der Waals surface area contributed by atoms with Crippen LogP contribution in [0.2, 0.25) is 0 Å². The summed E-state index contributed by atoms with van der Waals surface area (Å²) in [4.78, 5) is 26.9. The molecule has 5 fully saturated rings. The molecule has 0 aromatic carbocycles. The summed E-state index contributed by atoms with van der Waals surface area (Å²) in [6.45, 7) is 6.12. The van der Waals surface area contributed by atoms with Gasteiger partial charge in [0, 0.05) is 11.5 Å². The highest BCUT2D eigenvalue weighted by molar-refractivity contribution is 6.00. The largest absolute Gasteiger partial charge is 0.492 e. The molecule has 0 aromatic rings. The van der Waals surface area contributed by atoms with E-state index in [1.807, 2.05) is 6.92 Å². The lowest BCUT2D eigenvalue weighted by Crippen LogP contribution is -2.53. The van der Waals surface area contributed by atoms with E-state index in [0.717, 1.165) is 30.6 Å². The predicted octanol–water partition coefficient (Wildman–Crippen LogP) is 12.4. The van der Waals surface area contributed by atoms with E-state index in [9.17, 15) is 9.59 Å².